The van der Waals surface area contributed by atoms with E-state index in [1.165, 1.54) is 6.20 Å². The first-order chi connectivity index (χ1) is 9.42. The lowest BCUT2D eigenvalue weighted by molar-refractivity contribution is 0.601. The molecule has 2 aromatic rings. The van der Waals surface area contributed by atoms with Gasteiger partial charge in [-0.1, -0.05) is 11.6 Å². The maximum absolute atomic E-state index is 12.3. The monoisotopic (exact) mass is 377 g/mol. The largest absolute Gasteiger partial charge is 0.363 e. The summed E-state index contributed by atoms with van der Waals surface area (Å²) >= 11 is 9.15. The van der Waals surface area contributed by atoms with Gasteiger partial charge in [0, 0.05) is 27.9 Å². The third-order valence-electron chi connectivity index (χ3n) is 2.57. The van der Waals surface area contributed by atoms with Crippen molar-refractivity contribution in [3.8, 4) is 0 Å². The fraction of sp³-hybridized carbons (Fsp3) is 0.167. The van der Waals surface area contributed by atoms with Crippen molar-refractivity contribution in [1.82, 2.24) is 10.3 Å². The Labute approximate surface area is 130 Å². The lowest BCUT2D eigenvalue weighted by atomic mass is 10.3. The Bertz CT molecular complexity index is 715. The summed E-state index contributed by atoms with van der Waals surface area (Å²) in [5, 5.41) is 3.40. The molecular weight excluding hydrogens is 366 g/mol. The first kappa shape index (κ1) is 15.4. The standard InChI is InChI=1S/C12H13BrClN3O2S/c1-15-6-9-5-10(7-16-9)20(18,19)17-12-4-8(14)2-3-11(12)13/h2-5,7,15-17H,6H2,1H3. The van der Waals surface area contributed by atoms with Gasteiger partial charge in [0.05, 0.1) is 5.69 Å². The number of hydrogen-bond acceptors (Lipinski definition) is 3. The molecule has 2 rings (SSSR count). The molecule has 0 saturated heterocycles. The summed E-state index contributed by atoms with van der Waals surface area (Å²) in [6, 6.07) is 6.48. The van der Waals surface area contributed by atoms with Crippen LogP contribution in [0, 0.1) is 0 Å². The summed E-state index contributed by atoms with van der Waals surface area (Å²) in [7, 11) is -1.86. The second-order valence-corrected chi connectivity index (χ2v) is 7.09. The molecule has 5 nitrogen and oxygen atoms in total. The number of aromatic nitrogens is 1. The zero-order valence-corrected chi connectivity index (χ0v) is 13.7. The highest BCUT2D eigenvalue weighted by atomic mass is 79.9. The van der Waals surface area contributed by atoms with Gasteiger partial charge in [-0.25, -0.2) is 8.42 Å². The SMILES string of the molecule is CNCc1cc(S(=O)(=O)Nc2cc(Cl)ccc2Br)c[nH]1. The Morgan fingerprint density at radius 3 is 2.80 bits per heavy atom. The van der Waals surface area contributed by atoms with Crippen LogP contribution in [0.4, 0.5) is 5.69 Å². The minimum Gasteiger partial charge on any atom is -0.363 e. The number of benzene rings is 1. The van der Waals surface area contributed by atoms with Crippen LogP contribution in [0.5, 0.6) is 0 Å². The van der Waals surface area contributed by atoms with E-state index in [0.29, 0.717) is 21.7 Å². The molecule has 1 aromatic carbocycles. The molecular formula is C12H13BrClN3O2S. The Morgan fingerprint density at radius 1 is 1.35 bits per heavy atom. The van der Waals surface area contributed by atoms with Crippen LogP contribution in [-0.4, -0.2) is 20.4 Å². The summed E-state index contributed by atoms with van der Waals surface area (Å²) in [6.45, 7) is 0.566. The van der Waals surface area contributed by atoms with Gasteiger partial charge < -0.3 is 10.3 Å². The molecule has 0 amide bonds. The van der Waals surface area contributed by atoms with Crippen molar-refractivity contribution >= 4 is 43.2 Å². The Hall–Kier alpha value is -1.02. The van der Waals surface area contributed by atoms with E-state index in [1.54, 1.807) is 31.3 Å². The molecule has 0 saturated carbocycles. The maximum atomic E-state index is 12.3. The Balaban J connectivity index is 2.28. The molecule has 0 aliphatic heterocycles. The van der Waals surface area contributed by atoms with E-state index in [-0.39, 0.29) is 4.90 Å². The first-order valence-corrected chi connectivity index (χ1v) is 8.37. The van der Waals surface area contributed by atoms with E-state index >= 15 is 0 Å². The van der Waals surface area contributed by atoms with E-state index < -0.39 is 10.0 Å². The number of aromatic amines is 1. The van der Waals surface area contributed by atoms with Crippen LogP contribution in [-0.2, 0) is 16.6 Å². The predicted octanol–water partition coefficient (Wildman–Crippen LogP) is 2.95. The van der Waals surface area contributed by atoms with Crippen molar-refractivity contribution in [2.45, 2.75) is 11.4 Å². The lowest BCUT2D eigenvalue weighted by Gasteiger charge is -2.08. The molecule has 20 heavy (non-hydrogen) atoms. The van der Waals surface area contributed by atoms with Crippen molar-refractivity contribution in [2.24, 2.45) is 0 Å². The van der Waals surface area contributed by atoms with Crippen molar-refractivity contribution in [1.29, 1.82) is 0 Å². The van der Waals surface area contributed by atoms with Crippen molar-refractivity contribution in [2.75, 3.05) is 11.8 Å². The molecule has 0 aliphatic carbocycles. The van der Waals surface area contributed by atoms with Crippen LogP contribution < -0.4 is 10.0 Å². The van der Waals surface area contributed by atoms with Crippen LogP contribution in [0.25, 0.3) is 0 Å². The number of hydrogen-bond donors (Lipinski definition) is 3. The van der Waals surface area contributed by atoms with Gasteiger partial charge in [-0.3, -0.25) is 4.72 Å². The molecule has 0 unspecified atom stereocenters. The average molecular weight is 379 g/mol. The van der Waals surface area contributed by atoms with Gasteiger partial charge in [0.25, 0.3) is 10.0 Å². The molecule has 0 fully saturated rings. The molecule has 1 aromatic heterocycles. The van der Waals surface area contributed by atoms with Crippen molar-refractivity contribution in [3.05, 3.63) is 45.7 Å². The number of anilines is 1. The minimum atomic E-state index is -3.65. The molecule has 0 bridgehead atoms. The van der Waals surface area contributed by atoms with E-state index in [2.05, 4.69) is 31.0 Å². The second kappa shape index (κ2) is 6.17. The van der Waals surface area contributed by atoms with Crippen molar-refractivity contribution in [3.63, 3.8) is 0 Å². The maximum Gasteiger partial charge on any atom is 0.263 e. The van der Waals surface area contributed by atoms with Gasteiger partial charge in [-0.15, -0.1) is 0 Å². The quantitative estimate of drug-likeness (QED) is 0.749. The molecule has 1 heterocycles. The lowest BCUT2D eigenvalue weighted by Crippen LogP contribution is -2.12. The third kappa shape index (κ3) is 3.54. The van der Waals surface area contributed by atoms with Gasteiger partial charge in [0.2, 0.25) is 0 Å². The van der Waals surface area contributed by atoms with E-state index in [4.69, 9.17) is 11.6 Å². The molecule has 8 heteroatoms. The molecule has 108 valence electrons. The Morgan fingerprint density at radius 2 is 2.10 bits per heavy atom. The van der Waals surface area contributed by atoms with Crippen molar-refractivity contribution < 1.29 is 8.42 Å². The summed E-state index contributed by atoms with van der Waals surface area (Å²) in [6.07, 6.45) is 1.45. The van der Waals surface area contributed by atoms with E-state index in [0.717, 1.165) is 5.69 Å². The zero-order chi connectivity index (χ0) is 14.8. The van der Waals surface area contributed by atoms with Crippen LogP contribution in [0.2, 0.25) is 5.02 Å². The fourth-order valence-corrected chi connectivity index (χ4v) is 3.38. The Kier molecular flexibility index (Phi) is 4.74. The number of nitrogens with one attached hydrogen (secondary N) is 3. The fourth-order valence-electron chi connectivity index (χ4n) is 1.65. The smallest absolute Gasteiger partial charge is 0.263 e. The number of sulfonamides is 1. The number of halogens is 2. The summed E-state index contributed by atoms with van der Waals surface area (Å²) in [5.41, 5.74) is 1.19. The molecule has 0 atom stereocenters. The van der Waals surface area contributed by atoms with Crippen LogP contribution in [0.15, 0.2) is 39.8 Å². The second-order valence-electron chi connectivity index (χ2n) is 4.12. The van der Waals surface area contributed by atoms with E-state index in [9.17, 15) is 8.42 Å². The minimum absolute atomic E-state index is 0.176. The van der Waals surface area contributed by atoms with Crippen LogP contribution in [0.1, 0.15) is 5.69 Å². The molecule has 3 N–H and O–H groups in total. The van der Waals surface area contributed by atoms with Crippen LogP contribution in [0.3, 0.4) is 0 Å². The molecule has 0 spiro atoms. The summed E-state index contributed by atoms with van der Waals surface area (Å²) < 4.78 is 27.7. The highest BCUT2D eigenvalue weighted by Gasteiger charge is 2.17. The number of H-pyrrole nitrogens is 1. The third-order valence-corrected chi connectivity index (χ3v) is 4.84. The highest BCUT2D eigenvalue weighted by molar-refractivity contribution is 9.10. The topological polar surface area (TPSA) is 74.0 Å². The highest BCUT2D eigenvalue weighted by Crippen LogP contribution is 2.28. The van der Waals surface area contributed by atoms with Gasteiger partial charge in [0.15, 0.2) is 0 Å². The van der Waals surface area contributed by atoms with Gasteiger partial charge >= 0.3 is 0 Å². The molecule has 0 aliphatic rings. The van der Waals surface area contributed by atoms with Gasteiger partial charge in [-0.2, -0.15) is 0 Å². The molecule has 0 radical (unpaired) electrons. The first-order valence-electron chi connectivity index (χ1n) is 5.72. The zero-order valence-electron chi connectivity index (χ0n) is 10.6. The van der Waals surface area contributed by atoms with Gasteiger partial charge in [0.1, 0.15) is 4.90 Å². The van der Waals surface area contributed by atoms with E-state index in [1.807, 2.05) is 0 Å². The average Bonchev–Trinajstić information content (AvgIpc) is 2.83. The van der Waals surface area contributed by atoms with Gasteiger partial charge in [-0.05, 0) is 47.2 Å². The summed E-state index contributed by atoms with van der Waals surface area (Å²) in [4.78, 5) is 3.08. The number of rotatable bonds is 5. The summed E-state index contributed by atoms with van der Waals surface area (Å²) in [5.74, 6) is 0. The normalized spacial score (nSPS) is 11.6. The predicted molar refractivity (Wildman–Crippen MR) is 83.5 cm³/mol. The van der Waals surface area contributed by atoms with Crippen LogP contribution >= 0.6 is 27.5 Å².